The van der Waals surface area contributed by atoms with Gasteiger partial charge in [0, 0.05) is 66.4 Å². The van der Waals surface area contributed by atoms with E-state index in [0.29, 0.717) is 5.69 Å². The molecule has 3 heterocycles. The first-order chi connectivity index (χ1) is 13.6. The lowest BCUT2D eigenvalue weighted by molar-refractivity contribution is 0.0638. The average Bonchev–Trinajstić information content (AvgIpc) is 3.15. The van der Waals surface area contributed by atoms with Crippen molar-refractivity contribution in [2.75, 3.05) is 26.7 Å². The summed E-state index contributed by atoms with van der Waals surface area (Å²) in [6.45, 7) is 3.07. The smallest absolute Gasteiger partial charge is 0.270 e. The third kappa shape index (κ3) is 4.28. The lowest BCUT2D eigenvalue weighted by Crippen LogP contribution is -2.46. The normalized spacial score (nSPS) is 15.8. The van der Waals surface area contributed by atoms with E-state index in [9.17, 15) is 4.79 Å². The number of piperidine rings is 1. The molecule has 0 saturated carbocycles. The Bertz CT molecular complexity index is 948. The fourth-order valence-electron chi connectivity index (χ4n) is 3.92. The van der Waals surface area contributed by atoms with Crippen LogP contribution in [0, 0.1) is 0 Å². The quantitative estimate of drug-likeness (QED) is 0.649. The third-order valence-electron chi connectivity index (χ3n) is 5.65. The number of hydrogen-bond donors (Lipinski definition) is 1. The fourth-order valence-corrected chi connectivity index (χ4v) is 4.28. The molecule has 1 aliphatic rings. The summed E-state index contributed by atoms with van der Waals surface area (Å²) < 4.78 is 1.01. The zero-order valence-electron chi connectivity index (χ0n) is 16.1. The summed E-state index contributed by atoms with van der Waals surface area (Å²) in [4.78, 5) is 25.0. The van der Waals surface area contributed by atoms with Gasteiger partial charge in [-0.05, 0) is 43.2 Å². The van der Waals surface area contributed by atoms with Crippen LogP contribution in [0.5, 0.6) is 0 Å². The van der Waals surface area contributed by atoms with E-state index in [0.717, 1.165) is 60.0 Å². The van der Waals surface area contributed by atoms with Gasteiger partial charge in [-0.25, -0.2) is 0 Å². The first-order valence-electron chi connectivity index (χ1n) is 9.78. The van der Waals surface area contributed by atoms with Crippen LogP contribution in [0.25, 0.3) is 10.9 Å². The molecule has 5 nitrogen and oxygen atoms in total. The fraction of sp³-hybridized carbons (Fsp3) is 0.364. The Balaban J connectivity index is 1.32. The van der Waals surface area contributed by atoms with Gasteiger partial charge in [0.15, 0.2) is 0 Å². The lowest BCUT2D eigenvalue weighted by atomic mass is 10.0. The molecule has 1 aliphatic heterocycles. The van der Waals surface area contributed by atoms with Crippen molar-refractivity contribution in [2.45, 2.75) is 25.3 Å². The maximum atomic E-state index is 13.0. The van der Waals surface area contributed by atoms with E-state index in [-0.39, 0.29) is 11.9 Å². The molecule has 6 heteroatoms. The molecule has 0 unspecified atom stereocenters. The molecule has 1 amide bonds. The molecule has 146 valence electrons. The van der Waals surface area contributed by atoms with Crippen LogP contribution < -0.4 is 0 Å². The van der Waals surface area contributed by atoms with Gasteiger partial charge in [0.05, 0.1) is 0 Å². The molecule has 1 saturated heterocycles. The molecule has 1 aromatic carbocycles. The number of rotatable bonds is 5. The number of H-pyrrole nitrogens is 1. The van der Waals surface area contributed by atoms with E-state index in [2.05, 4.69) is 36.9 Å². The Kier molecular flexibility index (Phi) is 5.78. The van der Waals surface area contributed by atoms with Gasteiger partial charge in [0.1, 0.15) is 5.69 Å². The van der Waals surface area contributed by atoms with Gasteiger partial charge in [-0.2, -0.15) is 0 Å². The Hall–Kier alpha value is -2.18. The molecule has 0 aliphatic carbocycles. The number of benzene rings is 1. The van der Waals surface area contributed by atoms with Crippen molar-refractivity contribution >= 4 is 32.7 Å². The molecule has 4 rings (SSSR count). The minimum Gasteiger partial charge on any atom is -0.350 e. The number of likely N-dealkylation sites (tertiary alicyclic amines) is 1. The van der Waals surface area contributed by atoms with Gasteiger partial charge >= 0.3 is 0 Å². The molecular formula is C22H25BrN4O. The van der Waals surface area contributed by atoms with E-state index in [1.807, 2.05) is 54.5 Å². The minimum atomic E-state index is 0.0688. The monoisotopic (exact) mass is 440 g/mol. The van der Waals surface area contributed by atoms with Crippen LogP contribution in [0.4, 0.5) is 0 Å². The van der Waals surface area contributed by atoms with E-state index in [1.165, 1.54) is 0 Å². The Labute approximate surface area is 173 Å². The molecule has 0 bridgehead atoms. The summed E-state index contributed by atoms with van der Waals surface area (Å²) in [6.07, 6.45) is 4.85. The summed E-state index contributed by atoms with van der Waals surface area (Å²) >= 11 is 3.48. The Morgan fingerprint density at radius 1 is 1.25 bits per heavy atom. The number of fused-ring (bicyclic) bond motifs is 1. The summed E-state index contributed by atoms with van der Waals surface area (Å²) in [7, 11) is 1.93. The van der Waals surface area contributed by atoms with E-state index in [1.54, 1.807) is 0 Å². The second kappa shape index (κ2) is 8.45. The van der Waals surface area contributed by atoms with Gasteiger partial charge in [-0.15, -0.1) is 0 Å². The van der Waals surface area contributed by atoms with Crippen molar-refractivity contribution in [3.8, 4) is 0 Å². The standard InChI is InChI=1S/C22H25BrN4O/c1-26(22(28)21-14-16-5-6-17(23)15-20(16)25-21)19-8-12-27(13-9-19)11-7-18-4-2-3-10-24-18/h2-6,10,14-15,19,25H,7-9,11-13H2,1H3. The number of amides is 1. The average molecular weight is 441 g/mol. The number of halogens is 1. The molecule has 3 aromatic rings. The van der Waals surface area contributed by atoms with Crippen molar-refractivity contribution < 1.29 is 4.79 Å². The van der Waals surface area contributed by atoms with Gasteiger partial charge in [-0.1, -0.05) is 28.1 Å². The Morgan fingerprint density at radius 2 is 2.07 bits per heavy atom. The number of hydrogen-bond acceptors (Lipinski definition) is 3. The molecule has 28 heavy (non-hydrogen) atoms. The lowest BCUT2D eigenvalue weighted by Gasteiger charge is -2.36. The molecular weight excluding hydrogens is 416 g/mol. The third-order valence-corrected chi connectivity index (χ3v) is 6.14. The highest BCUT2D eigenvalue weighted by molar-refractivity contribution is 9.10. The second-order valence-corrected chi connectivity index (χ2v) is 8.39. The minimum absolute atomic E-state index is 0.0688. The van der Waals surface area contributed by atoms with Gasteiger partial charge in [0.2, 0.25) is 0 Å². The highest BCUT2D eigenvalue weighted by Crippen LogP contribution is 2.23. The van der Waals surface area contributed by atoms with Crippen LogP contribution in [0.3, 0.4) is 0 Å². The summed E-state index contributed by atoms with van der Waals surface area (Å²) in [5.74, 6) is 0.0688. The van der Waals surface area contributed by atoms with Crippen LogP contribution in [0.1, 0.15) is 29.0 Å². The number of aromatic nitrogens is 2. The van der Waals surface area contributed by atoms with Crippen LogP contribution in [-0.2, 0) is 6.42 Å². The zero-order valence-corrected chi connectivity index (χ0v) is 17.7. The van der Waals surface area contributed by atoms with Crippen LogP contribution >= 0.6 is 15.9 Å². The predicted octanol–water partition coefficient (Wildman–Crippen LogP) is 4.10. The van der Waals surface area contributed by atoms with Crippen LogP contribution in [-0.4, -0.2) is 58.4 Å². The van der Waals surface area contributed by atoms with E-state index in [4.69, 9.17) is 0 Å². The van der Waals surface area contributed by atoms with Crippen molar-refractivity contribution in [1.82, 2.24) is 19.8 Å². The van der Waals surface area contributed by atoms with Crippen molar-refractivity contribution in [1.29, 1.82) is 0 Å². The topological polar surface area (TPSA) is 52.2 Å². The predicted molar refractivity (Wildman–Crippen MR) is 115 cm³/mol. The SMILES string of the molecule is CN(C(=O)c1cc2ccc(Br)cc2[nH]1)C1CCN(CCc2ccccn2)CC1. The van der Waals surface area contributed by atoms with Gasteiger partial charge in [0.25, 0.3) is 5.91 Å². The van der Waals surface area contributed by atoms with Crippen molar-refractivity contribution in [3.05, 3.63) is 64.5 Å². The van der Waals surface area contributed by atoms with Crippen molar-refractivity contribution in [3.63, 3.8) is 0 Å². The maximum Gasteiger partial charge on any atom is 0.270 e. The summed E-state index contributed by atoms with van der Waals surface area (Å²) in [5.41, 5.74) is 2.78. The molecule has 2 aromatic heterocycles. The van der Waals surface area contributed by atoms with E-state index >= 15 is 0 Å². The molecule has 1 fully saturated rings. The number of pyridine rings is 1. The summed E-state index contributed by atoms with van der Waals surface area (Å²) in [6, 6.07) is 14.3. The van der Waals surface area contributed by atoms with E-state index < -0.39 is 0 Å². The van der Waals surface area contributed by atoms with Crippen molar-refractivity contribution in [2.24, 2.45) is 0 Å². The number of carbonyl (C=O) groups is 1. The van der Waals surface area contributed by atoms with Gasteiger partial charge in [-0.3, -0.25) is 9.78 Å². The largest absolute Gasteiger partial charge is 0.350 e. The molecule has 1 N–H and O–H groups in total. The molecule has 0 spiro atoms. The molecule has 0 radical (unpaired) electrons. The summed E-state index contributed by atoms with van der Waals surface area (Å²) in [5, 5.41) is 1.06. The van der Waals surface area contributed by atoms with Crippen LogP contribution in [0.15, 0.2) is 53.1 Å². The van der Waals surface area contributed by atoms with Crippen LogP contribution in [0.2, 0.25) is 0 Å². The highest BCUT2D eigenvalue weighted by Gasteiger charge is 2.26. The highest BCUT2D eigenvalue weighted by atomic mass is 79.9. The maximum absolute atomic E-state index is 13.0. The first kappa shape index (κ1) is 19.2. The first-order valence-corrected chi connectivity index (χ1v) is 10.6. The second-order valence-electron chi connectivity index (χ2n) is 7.47. The number of carbonyl (C=O) groups excluding carboxylic acids is 1. The Morgan fingerprint density at radius 3 is 2.82 bits per heavy atom. The molecule has 0 atom stereocenters. The van der Waals surface area contributed by atoms with Gasteiger partial charge < -0.3 is 14.8 Å². The zero-order chi connectivity index (χ0) is 19.5. The number of nitrogens with zero attached hydrogens (tertiary/aromatic N) is 3. The number of aromatic amines is 1. The number of nitrogens with one attached hydrogen (secondary N) is 1.